The minimum absolute atomic E-state index is 1.23. The maximum absolute atomic E-state index is 2.53. The van der Waals surface area contributed by atoms with Crippen LogP contribution in [0, 0.1) is 0 Å². The number of thiophene rings is 1. The Labute approximate surface area is 222 Å². The van der Waals surface area contributed by atoms with Crippen molar-refractivity contribution in [3.05, 3.63) is 127 Å². The standard InChI is InChI=1S/C36H21NS/c1-2-10-24-23(9-1)21-32(26-12-4-3-11-25(24)26)37-31-15-7-5-13-27(31)29-19-17-22-18-20-30-28-14-6-8-16-33(28)38-36(30)34(22)35(29)37/h1-21H. The largest absolute Gasteiger partial charge is 0.308 e. The van der Waals surface area contributed by atoms with Gasteiger partial charge >= 0.3 is 0 Å². The SMILES string of the molecule is c1ccc2c(c1)cc(-n1c3ccccc3c3ccc4ccc5c6ccccc6sc5c4c31)c1ccccc12. The van der Waals surface area contributed by atoms with Crippen LogP contribution in [0.15, 0.2) is 127 Å². The van der Waals surface area contributed by atoms with Gasteiger partial charge in [-0.3, -0.25) is 0 Å². The zero-order valence-corrected chi connectivity index (χ0v) is 21.3. The van der Waals surface area contributed by atoms with E-state index in [0.29, 0.717) is 0 Å². The number of benzene rings is 7. The van der Waals surface area contributed by atoms with Gasteiger partial charge in [-0.05, 0) is 39.7 Å². The number of nitrogens with zero attached hydrogens (tertiary/aromatic N) is 1. The molecule has 0 bridgehead atoms. The molecule has 0 spiro atoms. The molecule has 0 amide bonds. The Balaban J connectivity index is 1.58. The molecular formula is C36H21NS. The van der Waals surface area contributed by atoms with Crippen molar-refractivity contribution in [1.29, 1.82) is 0 Å². The van der Waals surface area contributed by atoms with E-state index in [2.05, 4.69) is 132 Å². The van der Waals surface area contributed by atoms with Gasteiger partial charge in [-0.15, -0.1) is 11.3 Å². The Morgan fingerprint density at radius 1 is 0.447 bits per heavy atom. The van der Waals surface area contributed by atoms with Crippen LogP contribution < -0.4 is 0 Å². The quantitative estimate of drug-likeness (QED) is 0.198. The van der Waals surface area contributed by atoms with Gasteiger partial charge in [-0.2, -0.15) is 0 Å². The fourth-order valence-electron chi connectivity index (χ4n) is 6.51. The van der Waals surface area contributed by atoms with Gasteiger partial charge in [0.2, 0.25) is 0 Å². The molecule has 0 saturated carbocycles. The van der Waals surface area contributed by atoms with Crippen molar-refractivity contribution in [3.8, 4) is 5.69 Å². The van der Waals surface area contributed by atoms with E-state index in [4.69, 9.17) is 0 Å². The predicted molar refractivity (Wildman–Crippen MR) is 166 cm³/mol. The van der Waals surface area contributed by atoms with Crippen molar-refractivity contribution in [1.82, 2.24) is 4.57 Å². The number of hydrogen-bond acceptors (Lipinski definition) is 1. The van der Waals surface area contributed by atoms with Crippen LogP contribution >= 0.6 is 11.3 Å². The third-order valence-electron chi connectivity index (χ3n) is 8.15. The van der Waals surface area contributed by atoms with Crippen molar-refractivity contribution < 1.29 is 0 Å². The molecule has 0 atom stereocenters. The average molecular weight is 500 g/mol. The minimum atomic E-state index is 1.23. The third kappa shape index (κ3) is 2.60. The molecule has 0 aliphatic rings. The molecule has 176 valence electrons. The van der Waals surface area contributed by atoms with E-state index >= 15 is 0 Å². The fraction of sp³-hybridized carbons (Fsp3) is 0. The molecule has 0 fully saturated rings. The molecule has 1 nitrogen and oxygen atoms in total. The van der Waals surface area contributed by atoms with Gasteiger partial charge in [0.15, 0.2) is 0 Å². The van der Waals surface area contributed by atoms with E-state index < -0.39 is 0 Å². The van der Waals surface area contributed by atoms with Gasteiger partial charge in [-0.25, -0.2) is 0 Å². The summed E-state index contributed by atoms with van der Waals surface area (Å²) in [4.78, 5) is 0. The smallest absolute Gasteiger partial charge is 0.0634 e. The van der Waals surface area contributed by atoms with E-state index in [1.165, 1.54) is 80.0 Å². The molecule has 2 heterocycles. The number of para-hydroxylation sites is 1. The van der Waals surface area contributed by atoms with Crippen LogP contribution in [0.5, 0.6) is 0 Å². The summed E-state index contributed by atoms with van der Waals surface area (Å²) in [7, 11) is 0. The fourth-order valence-corrected chi connectivity index (χ4v) is 7.77. The molecule has 0 unspecified atom stereocenters. The van der Waals surface area contributed by atoms with Crippen molar-refractivity contribution in [2.75, 3.05) is 0 Å². The predicted octanol–water partition coefficient (Wildman–Crippen LogP) is 10.6. The molecule has 0 aliphatic carbocycles. The highest BCUT2D eigenvalue weighted by Crippen LogP contribution is 2.45. The van der Waals surface area contributed by atoms with E-state index in [1.54, 1.807) is 0 Å². The minimum Gasteiger partial charge on any atom is -0.308 e. The van der Waals surface area contributed by atoms with Gasteiger partial charge in [-0.1, -0.05) is 109 Å². The molecule has 2 heteroatoms. The zero-order chi connectivity index (χ0) is 24.8. The van der Waals surface area contributed by atoms with Gasteiger partial charge < -0.3 is 4.57 Å². The summed E-state index contributed by atoms with van der Waals surface area (Å²) in [6.07, 6.45) is 0. The molecule has 0 aliphatic heterocycles. The molecule has 0 saturated heterocycles. The van der Waals surface area contributed by atoms with E-state index in [9.17, 15) is 0 Å². The summed E-state index contributed by atoms with van der Waals surface area (Å²) >= 11 is 1.91. The first-order valence-corrected chi connectivity index (χ1v) is 13.9. The Hall–Kier alpha value is -4.66. The van der Waals surface area contributed by atoms with Crippen molar-refractivity contribution in [3.63, 3.8) is 0 Å². The lowest BCUT2D eigenvalue weighted by molar-refractivity contribution is 1.21. The van der Waals surface area contributed by atoms with Crippen molar-refractivity contribution >= 4 is 85.6 Å². The molecule has 9 aromatic rings. The van der Waals surface area contributed by atoms with E-state index in [0.717, 1.165) is 0 Å². The molecule has 0 radical (unpaired) electrons. The second-order valence-corrected chi connectivity index (χ2v) is 11.2. The number of hydrogen-bond donors (Lipinski definition) is 0. The summed E-state index contributed by atoms with van der Waals surface area (Å²) in [5.74, 6) is 0. The normalized spacial score (nSPS) is 12.2. The second kappa shape index (κ2) is 7.44. The first-order chi connectivity index (χ1) is 18.9. The molecule has 7 aromatic carbocycles. The summed E-state index contributed by atoms with van der Waals surface area (Å²) in [5, 5.41) is 13.0. The highest BCUT2D eigenvalue weighted by atomic mass is 32.1. The molecule has 38 heavy (non-hydrogen) atoms. The molecule has 0 N–H and O–H groups in total. The monoisotopic (exact) mass is 499 g/mol. The van der Waals surface area contributed by atoms with E-state index in [1.807, 2.05) is 11.3 Å². The Kier molecular flexibility index (Phi) is 3.99. The maximum Gasteiger partial charge on any atom is 0.0634 e. The number of aromatic nitrogens is 1. The van der Waals surface area contributed by atoms with Crippen LogP contribution in [0.3, 0.4) is 0 Å². The summed E-state index contributed by atoms with van der Waals surface area (Å²) in [6, 6.07) is 46.9. The second-order valence-electron chi connectivity index (χ2n) is 10.1. The summed E-state index contributed by atoms with van der Waals surface area (Å²) in [5.41, 5.74) is 3.77. The first-order valence-electron chi connectivity index (χ1n) is 13.0. The number of fused-ring (bicyclic) bond motifs is 12. The first kappa shape index (κ1) is 20.4. The lowest BCUT2D eigenvalue weighted by atomic mass is 9.99. The van der Waals surface area contributed by atoms with E-state index in [-0.39, 0.29) is 0 Å². The van der Waals surface area contributed by atoms with Crippen LogP contribution in [-0.4, -0.2) is 4.57 Å². The van der Waals surface area contributed by atoms with Gasteiger partial charge in [0, 0.05) is 41.7 Å². The van der Waals surface area contributed by atoms with Crippen molar-refractivity contribution in [2.45, 2.75) is 0 Å². The van der Waals surface area contributed by atoms with Gasteiger partial charge in [0.25, 0.3) is 0 Å². The Bertz CT molecular complexity index is 2400. The number of rotatable bonds is 1. The summed E-state index contributed by atoms with van der Waals surface area (Å²) in [6.45, 7) is 0. The topological polar surface area (TPSA) is 4.93 Å². The van der Waals surface area contributed by atoms with Gasteiger partial charge in [0.05, 0.1) is 16.7 Å². The van der Waals surface area contributed by atoms with Crippen LogP contribution in [0.2, 0.25) is 0 Å². The lowest BCUT2D eigenvalue weighted by Gasteiger charge is -2.15. The van der Waals surface area contributed by atoms with Crippen molar-refractivity contribution in [2.24, 2.45) is 0 Å². The van der Waals surface area contributed by atoms with Gasteiger partial charge in [0.1, 0.15) is 0 Å². The Morgan fingerprint density at radius 3 is 1.97 bits per heavy atom. The molecular weight excluding hydrogens is 478 g/mol. The Morgan fingerprint density at radius 2 is 1.11 bits per heavy atom. The van der Waals surface area contributed by atoms with Crippen LogP contribution in [-0.2, 0) is 0 Å². The summed E-state index contributed by atoms with van der Waals surface area (Å²) < 4.78 is 5.24. The van der Waals surface area contributed by atoms with Crippen LogP contribution in [0.25, 0.3) is 80.0 Å². The average Bonchev–Trinajstić information content (AvgIpc) is 3.53. The maximum atomic E-state index is 2.53. The zero-order valence-electron chi connectivity index (χ0n) is 20.5. The van der Waals surface area contributed by atoms with Crippen LogP contribution in [0.4, 0.5) is 0 Å². The third-order valence-corrected chi connectivity index (χ3v) is 9.35. The molecule has 2 aromatic heterocycles. The molecule has 9 rings (SSSR count). The highest BCUT2D eigenvalue weighted by Gasteiger charge is 2.20. The lowest BCUT2D eigenvalue weighted by Crippen LogP contribution is -1.97. The van der Waals surface area contributed by atoms with Crippen LogP contribution in [0.1, 0.15) is 0 Å². The highest BCUT2D eigenvalue weighted by molar-refractivity contribution is 7.26.